The molecule has 0 heterocycles. The highest BCUT2D eigenvalue weighted by Crippen LogP contribution is 2.14. The normalized spacial score (nSPS) is 12.2. The van der Waals surface area contributed by atoms with E-state index in [1.165, 1.54) is 19.2 Å². The van der Waals surface area contributed by atoms with Crippen LogP contribution in [0.15, 0.2) is 53.9 Å². The maximum Gasteiger partial charge on any atom is 0.236 e. The van der Waals surface area contributed by atoms with Gasteiger partial charge in [0.1, 0.15) is 5.82 Å². The van der Waals surface area contributed by atoms with Crippen LogP contribution in [0.5, 0.6) is 0 Å². The fourth-order valence-corrected chi connectivity index (χ4v) is 2.78. The van der Waals surface area contributed by atoms with E-state index in [1.807, 2.05) is 0 Å². The fourth-order valence-electron chi connectivity index (χ4n) is 1.80. The van der Waals surface area contributed by atoms with E-state index >= 15 is 0 Å². The molecule has 0 aliphatic rings. The average Bonchev–Trinajstić information content (AvgIpc) is 2.49. The van der Waals surface area contributed by atoms with Gasteiger partial charge < -0.3 is 0 Å². The predicted molar refractivity (Wildman–Crippen MR) is 87.3 cm³/mol. The van der Waals surface area contributed by atoms with Gasteiger partial charge in [-0.05, 0) is 29.8 Å². The first kappa shape index (κ1) is 16.7. The number of rotatable bonds is 5. The summed E-state index contributed by atoms with van der Waals surface area (Å²) in [6.07, 6.45) is 1.48. The molecule has 0 saturated heterocycles. The van der Waals surface area contributed by atoms with Gasteiger partial charge in [0, 0.05) is 29.6 Å². The Bertz CT molecular complexity index is 773. The highest BCUT2D eigenvalue weighted by molar-refractivity contribution is 7.92. The molecule has 0 saturated carbocycles. The van der Waals surface area contributed by atoms with Crippen LogP contribution in [0.2, 0.25) is 5.02 Å². The molecular weight excluding hydrogens is 325 g/mol. The van der Waals surface area contributed by atoms with E-state index in [0.29, 0.717) is 16.1 Å². The third kappa shape index (κ3) is 4.40. The molecule has 2 aromatic carbocycles. The average molecular weight is 340 g/mol. The number of hydrogen-bond donors (Lipinski definition) is 0. The number of nitrogens with zero attached hydrogens (tertiary/aromatic N) is 1. The second kappa shape index (κ2) is 7.05. The topological polar surface area (TPSA) is 37.4 Å². The lowest BCUT2D eigenvalue weighted by Gasteiger charge is -2.15. The Kier molecular flexibility index (Phi) is 5.34. The van der Waals surface area contributed by atoms with Crippen molar-refractivity contribution in [1.82, 2.24) is 4.31 Å². The molecule has 2 rings (SSSR count). The first-order chi connectivity index (χ1) is 10.4. The molecule has 3 nitrogen and oxygen atoms in total. The third-order valence-electron chi connectivity index (χ3n) is 3.09. The third-order valence-corrected chi connectivity index (χ3v) is 4.82. The lowest BCUT2D eigenvalue weighted by molar-refractivity contribution is 0.464. The Hall–Kier alpha value is -1.69. The molecule has 0 N–H and O–H groups in total. The van der Waals surface area contributed by atoms with Crippen molar-refractivity contribution in [3.63, 3.8) is 0 Å². The van der Waals surface area contributed by atoms with Gasteiger partial charge in [-0.15, -0.1) is 0 Å². The fraction of sp³-hybridized carbons (Fsp3) is 0.125. The van der Waals surface area contributed by atoms with Gasteiger partial charge in [0.2, 0.25) is 10.0 Å². The number of benzene rings is 2. The highest BCUT2D eigenvalue weighted by Gasteiger charge is 2.16. The Balaban J connectivity index is 2.12. The summed E-state index contributed by atoms with van der Waals surface area (Å²) >= 11 is 5.77. The van der Waals surface area contributed by atoms with E-state index in [9.17, 15) is 12.8 Å². The Labute approximate surface area is 134 Å². The van der Waals surface area contributed by atoms with Crippen LogP contribution in [0.4, 0.5) is 4.39 Å². The summed E-state index contributed by atoms with van der Waals surface area (Å²) in [5.74, 6) is -0.425. The minimum atomic E-state index is -3.63. The lowest BCUT2D eigenvalue weighted by Crippen LogP contribution is -2.24. The van der Waals surface area contributed by atoms with Crippen LogP contribution in [0.3, 0.4) is 0 Å². The first-order valence-corrected chi connectivity index (χ1v) is 8.40. The molecule has 0 atom stereocenters. The Morgan fingerprint density at radius 1 is 1.14 bits per heavy atom. The second-order valence-electron chi connectivity index (χ2n) is 4.75. The van der Waals surface area contributed by atoms with Gasteiger partial charge in [0.25, 0.3) is 0 Å². The molecule has 0 bridgehead atoms. The van der Waals surface area contributed by atoms with Crippen molar-refractivity contribution in [3.05, 3.63) is 75.9 Å². The molecule has 0 aliphatic carbocycles. The van der Waals surface area contributed by atoms with Crippen LogP contribution in [-0.4, -0.2) is 19.8 Å². The van der Waals surface area contributed by atoms with Crippen LogP contribution < -0.4 is 0 Å². The summed E-state index contributed by atoms with van der Waals surface area (Å²) in [7, 11) is -2.22. The zero-order chi connectivity index (χ0) is 16.2. The maximum atomic E-state index is 13.6. The van der Waals surface area contributed by atoms with E-state index in [2.05, 4.69) is 0 Å². The van der Waals surface area contributed by atoms with Crippen molar-refractivity contribution < 1.29 is 12.8 Å². The van der Waals surface area contributed by atoms with Crippen molar-refractivity contribution in [3.8, 4) is 0 Å². The summed E-state index contributed by atoms with van der Waals surface area (Å²) in [4.78, 5) is 0. The van der Waals surface area contributed by atoms with E-state index in [4.69, 9.17) is 11.6 Å². The van der Waals surface area contributed by atoms with Gasteiger partial charge in [-0.25, -0.2) is 12.8 Å². The molecular formula is C16H15ClFNO2S. The number of sulfonamides is 1. The SMILES string of the molecule is CN(Cc1ccccc1F)S(=O)(=O)/C=C/c1ccc(Cl)cc1. The molecule has 22 heavy (non-hydrogen) atoms. The minimum Gasteiger partial charge on any atom is -0.208 e. The quantitative estimate of drug-likeness (QED) is 0.828. The molecule has 0 unspecified atom stereocenters. The smallest absolute Gasteiger partial charge is 0.208 e. The second-order valence-corrected chi connectivity index (χ2v) is 7.11. The van der Waals surface area contributed by atoms with Crippen molar-refractivity contribution in [2.24, 2.45) is 0 Å². The summed E-state index contributed by atoms with van der Waals surface area (Å²) in [6, 6.07) is 12.9. The lowest BCUT2D eigenvalue weighted by atomic mass is 10.2. The zero-order valence-electron chi connectivity index (χ0n) is 11.9. The van der Waals surface area contributed by atoms with Gasteiger partial charge in [0.15, 0.2) is 0 Å². The molecule has 0 radical (unpaired) electrons. The van der Waals surface area contributed by atoms with Gasteiger partial charge in [-0.2, -0.15) is 4.31 Å². The van der Waals surface area contributed by atoms with Crippen LogP contribution in [0.1, 0.15) is 11.1 Å². The van der Waals surface area contributed by atoms with Gasteiger partial charge in [-0.1, -0.05) is 41.9 Å². The van der Waals surface area contributed by atoms with E-state index in [-0.39, 0.29) is 6.54 Å². The highest BCUT2D eigenvalue weighted by atomic mass is 35.5. The first-order valence-electron chi connectivity index (χ1n) is 6.52. The van der Waals surface area contributed by atoms with Gasteiger partial charge in [0.05, 0.1) is 0 Å². The molecule has 0 fully saturated rings. The predicted octanol–water partition coefficient (Wildman–Crippen LogP) is 3.91. The summed E-state index contributed by atoms with van der Waals surface area (Å²) in [5, 5.41) is 1.67. The van der Waals surface area contributed by atoms with Gasteiger partial charge >= 0.3 is 0 Å². The molecule has 2 aromatic rings. The maximum absolute atomic E-state index is 13.6. The van der Waals surface area contributed by atoms with Crippen molar-refractivity contribution in [2.75, 3.05) is 7.05 Å². The van der Waals surface area contributed by atoms with Crippen molar-refractivity contribution >= 4 is 27.7 Å². The Morgan fingerprint density at radius 2 is 1.77 bits per heavy atom. The summed E-state index contributed by atoms with van der Waals surface area (Å²) in [6.45, 7) is -0.0278. The largest absolute Gasteiger partial charge is 0.236 e. The van der Waals surface area contributed by atoms with Crippen LogP contribution in [0, 0.1) is 5.82 Å². The Morgan fingerprint density at radius 3 is 2.41 bits per heavy atom. The standard InChI is InChI=1S/C16H15ClFNO2S/c1-19(12-14-4-2-3-5-16(14)18)22(20,21)11-10-13-6-8-15(17)9-7-13/h2-11H,12H2,1H3/b11-10+. The molecule has 0 amide bonds. The van der Waals surface area contributed by atoms with E-state index in [0.717, 1.165) is 9.71 Å². The number of halogens is 2. The number of hydrogen-bond acceptors (Lipinski definition) is 2. The minimum absolute atomic E-state index is 0.0278. The van der Waals surface area contributed by atoms with Gasteiger partial charge in [-0.3, -0.25) is 0 Å². The molecule has 0 aliphatic heterocycles. The molecule has 116 valence electrons. The van der Waals surface area contributed by atoms with Crippen LogP contribution in [-0.2, 0) is 16.6 Å². The van der Waals surface area contributed by atoms with Crippen molar-refractivity contribution in [1.29, 1.82) is 0 Å². The van der Waals surface area contributed by atoms with Crippen LogP contribution >= 0.6 is 11.6 Å². The zero-order valence-corrected chi connectivity index (χ0v) is 13.5. The summed E-state index contributed by atoms with van der Waals surface area (Å²) in [5.41, 5.74) is 1.04. The monoisotopic (exact) mass is 339 g/mol. The van der Waals surface area contributed by atoms with Crippen LogP contribution in [0.25, 0.3) is 6.08 Å². The molecule has 0 spiro atoms. The summed E-state index contributed by atoms with van der Waals surface area (Å²) < 4.78 is 39.0. The molecule has 6 heteroatoms. The molecule has 0 aromatic heterocycles. The van der Waals surface area contributed by atoms with E-state index in [1.54, 1.807) is 42.5 Å². The van der Waals surface area contributed by atoms with Crippen molar-refractivity contribution in [2.45, 2.75) is 6.54 Å². The van der Waals surface area contributed by atoms with E-state index < -0.39 is 15.8 Å².